The van der Waals surface area contributed by atoms with Gasteiger partial charge in [0.2, 0.25) is 0 Å². The molecule has 0 spiro atoms. The number of phenols is 1. The van der Waals surface area contributed by atoms with Crippen LogP contribution in [0.25, 0.3) is 0 Å². The summed E-state index contributed by atoms with van der Waals surface area (Å²) in [5, 5.41) is 9.82. The molecule has 4 rings (SSSR count). The topological polar surface area (TPSA) is 52.9 Å². The fourth-order valence-electron chi connectivity index (χ4n) is 3.05. The van der Waals surface area contributed by atoms with Crippen LogP contribution in [0.15, 0.2) is 41.4 Å². The van der Waals surface area contributed by atoms with E-state index in [-0.39, 0.29) is 17.7 Å². The molecule has 21 heavy (non-hydrogen) atoms. The summed E-state index contributed by atoms with van der Waals surface area (Å²) >= 11 is 0. The van der Waals surface area contributed by atoms with Crippen molar-refractivity contribution in [1.29, 1.82) is 0 Å². The van der Waals surface area contributed by atoms with E-state index in [1.54, 1.807) is 30.2 Å². The summed E-state index contributed by atoms with van der Waals surface area (Å²) in [6.45, 7) is 1.78. The molecule has 1 atom stereocenters. The van der Waals surface area contributed by atoms with E-state index in [4.69, 9.17) is 0 Å². The highest BCUT2D eigenvalue weighted by Gasteiger charge is 2.35. The first-order chi connectivity index (χ1) is 10.1. The Bertz CT molecular complexity index is 795. The Balaban J connectivity index is 1.90. The van der Waals surface area contributed by atoms with Crippen LogP contribution in [-0.2, 0) is 6.42 Å². The highest BCUT2D eigenvalue weighted by atomic mass is 16.3. The minimum absolute atomic E-state index is 0.0512. The van der Waals surface area contributed by atoms with Crippen molar-refractivity contribution in [3.8, 4) is 5.75 Å². The average molecular weight is 278 g/mol. The Morgan fingerprint density at radius 3 is 2.95 bits per heavy atom. The molecule has 0 saturated carbocycles. The summed E-state index contributed by atoms with van der Waals surface area (Å²) in [5.74, 6) is 0.113. The third-order valence-corrected chi connectivity index (χ3v) is 4.16. The quantitative estimate of drug-likeness (QED) is 0.805. The summed E-state index contributed by atoms with van der Waals surface area (Å²) in [7, 11) is 0. The van der Waals surface area contributed by atoms with Gasteiger partial charge >= 0.3 is 0 Å². The van der Waals surface area contributed by atoms with Gasteiger partial charge in [0.1, 0.15) is 5.75 Å². The summed E-state index contributed by atoms with van der Waals surface area (Å²) in [6.07, 6.45) is 2.59. The molecule has 2 heterocycles. The molecule has 0 bridgehead atoms. The zero-order valence-electron chi connectivity index (χ0n) is 11.6. The first kappa shape index (κ1) is 12.1. The van der Waals surface area contributed by atoms with Crippen LogP contribution in [0.5, 0.6) is 5.75 Å². The Morgan fingerprint density at radius 1 is 1.29 bits per heavy atom. The molecule has 1 N–H and O–H groups in total. The number of aromatic hydroxyl groups is 1. The van der Waals surface area contributed by atoms with Crippen molar-refractivity contribution in [3.05, 3.63) is 53.1 Å². The molecule has 0 saturated heterocycles. The van der Waals surface area contributed by atoms with E-state index >= 15 is 0 Å². The van der Waals surface area contributed by atoms with Gasteiger partial charge in [-0.1, -0.05) is 18.2 Å². The molecule has 0 aliphatic carbocycles. The number of phenolic OH excluding ortho intramolecular Hbond substituents is 1. The monoisotopic (exact) mass is 278 g/mol. The van der Waals surface area contributed by atoms with E-state index in [9.17, 15) is 9.90 Å². The van der Waals surface area contributed by atoms with E-state index in [0.29, 0.717) is 16.8 Å². The number of aryl methyl sites for hydroxylation is 1. The second-order valence-electron chi connectivity index (χ2n) is 5.51. The molecule has 0 fully saturated rings. The first-order valence-corrected chi connectivity index (χ1v) is 6.94. The lowest BCUT2D eigenvalue weighted by molar-refractivity contribution is 0.0987. The summed E-state index contributed by atoms with van der Waals surface area (Å²) in [5.41, 5.74) is 3.89. The van der Waals surface area contributed by atoms with Gasteiger partial charge in [-0.2, -0.15) is 0 Å². The third-order valence-electron chi connectivity index (χ3n) is 4.16. The lowest BCUT2D eigenvalue weighted by atomic mass is 10.1. The van der Waals surface area contributed by atoms with Crippen LogP contribution >= 0.6 is 0 Å². The number of hydrogen-bond donors (Lipinski definition) is 1. The number of anilines is 1. The normalized spacial score (nSPS) is 19.0. The van der Waals surface area contributed by atoms with Crippen molar-refractivity contribution in [2.45, 2.75) is 19.4 Å². The highest BCUT2D eigenvalue weighted by Crippen LogP contribution is 2.38. The van der Waals surface area contributed by atoms with Crippen LogP contribution in [0, 0.1) is 6.92 Å². The van der Waals surface area contributed by atoms with Crippen LogP contribution in [0.2, 0.25) is 0 Å². The number of aliphatic imine (C=N–C) groups is 1. The number of hydrogen-bond acceptors (Lipinski definition) is 3. The molecule has 104 valence electrons. The minimum Gasteiger partial charge on any atom is -0.508 e. The second kappa shape index (κ2) is 4.19. The molecule has 0 aromatic heterocycles. The van der Waals surface area contributed by atoms with Gasteiger partial charge in [0.25, 0.3) is 5.91 Å². The Kier molecular flexibility index (Phi) is 2.42. The summed E-state index contributed by atoms with van der Waals surface area (Å²) in [6, 6.07) is 11.2. The number of amides is 1. The van der Waals surface area contributed by atoms with E-state index in [2.05, 4.69) is 4.99 Å². The number of carbonyl (C=O) groups is 1. The molecular formula is C17H14N2O2. The fraction of sp³-hybridized carbons (Fsp3) is 0.176. The van der Waals surface area contributed by atoms with E-state index in [1.165, 1.54) is 5.56 Å². The predicted molar refractivity (Wildman–Crippen MR) is 81.7 cm³/mol. The zero-order valence-corrected chi connectivity index (χ0v) is 11.6. The summed E-state index contributed by atoms with van der Waals surface area (Å²) < 4.78 is 0. The van der Waals surface area contributed by atoms with Crippen molar-refractivity contribution in [2.75, 3.05) is 4.90 Å². The molecule has 1 amide bonds. The van der Waals surface area contributed by atoms with Gasteiger partial charge in [0, 0.05) is 24.4 Å². The van der Waals surface area contributed by atoms with Crippen LogP contribution in [-0.4, -0.2) is 23.3 Å². The van der Waals surface area contributed by atoms with E-state index in [0.717, 1.165) is 12.1 Å². The van der Waals surface area contributed by atoms with Gasteiger partial charge in [0.15, 0.2) is 0 Å². The largest absolute Gasteiger partial charge is 0.508 e. The average Bonchev–Trinajstić information content (AvgIpc) is 2.80. The summed E-state index contributed by atoms with van der Waals surface area (Å²) in [4.78, 5) is 19.1. The number of para-hydroxylation sites is 1. The molecule has 2 aliphatic heterocycles. The maximum absolute atomic E-state index is 12.9. The standard InChI is InChI=1S/C17H14N2O2/c1-10-6-13-14(8-16(10)20)18-9-12-7-11-4-2-3-5-15(11)19(12)17(13)21/h2-6,8-9,12,20H,7H2,1H3/t12-/m0/s1. The lowest BCUT2D eigenvalue weighted by Gasteiger charge is -2.21. The van der Waals surface area contributed by atoms with Crippen molar-refractivity contribution < 1.29 is 9.90 Å². The molecule has 2 aliphatic rings. The van der Waals surface area contributed by atoms with Crippen LogP contribution in [0.1, 0.15) is 21.5 Å². The first-order valence-electron chi connectivity index (χ1n) is 6.94. The Morgan fingerprint density at radius 2 is 2.10 bits per heavy atom. The van der Waals surface area contributed by atoms with Crippen LogP contribution < -0.4 is 4.90 Å². The Hall–Kier alpha value is -2.62. The zero-order chi connectivity index (χ0) is 14.6. The second-order valence-corrected chi connectivity index (χ2v) is 5.51. The SMILES string of the molecule is Cc1cc2c(cc1O)N=C[C@@H]1Cc3ccccc3N1C2=O. The molecule has 4 heteroatoms. The lowest BCUT2D eigenvalue weighted by Crippen LogP contribution is -2.37. The van der Waals surface area contributed by atoms with Crippen LogP contribution in [0.3, 0.4) is 0 Å². The highest BCUT2D eigenvalue weighted by molar-refractivity contribution is 6.14. The van der Waals surface area contributed by atoms with Crippen molar-refractivity contribution in [3.63, 3.8) is 0 Å². The number of rotatable bonds is 0. The van der Waals surface area contributed by atoms with Crippen LogP contribution in [0.4, 0.5) is 11.4 Å². The molecule has 2 aromatic rings. The predicted octanol–water partition coefficient (Wildman–Crippen LogP) is 2.99. The van der Waals surface area contributed by atoms with Gasteiger partial charge in [-0.25, -0.2) is 0 Å². The fourth-order valence-corrected chi connectivity index (χ4v) is 3.05. The smallest absolute Gasteiger partial charge is 0.261 e. The van der Waals surface area contributed by atoms with Gasteiger partial charge in [-0.3, -0.25) is 14.7 Å². The number of benzene rings is 2. The van der Waals surface area contributed by atoms with Crippen molar-refractivity contribution in [2.24, 2.45) is 4.99 Å². The van der Waals surface area contributed by atoms with E-state index in [1.807, 2.05) is 24.3 Å². The number of carbonyl (C=O) groups excluding carboxylic acids is 1. The number of fused-ring (bicyclic) bond motifs is 4. The molecule has 0 unspecified atom stereocenters. The molecular weight excluding hydrogens is 264 g/mol. The molecule has 4 nitrogen and oxygen atoms in total. The maximum Gasteiger partial charge on any atom is 0.261 e. The van der Waals surface area contributed by atoms with Gasteiger partial charge < -0.3 is 5.11 Å². The number of nitrogens with zero attached hydrogens (tertiary/aromatic N) is 2. The third kappa shape index (κ3) is 1.69. The minimum atomic E-state index is -0.0550. The van der Waals surface area contributed by atoms with Crippen molar-refractivity contribution >= 4 is 23.5 Å². The van der Waals surface area contributed by atoms with Gasteiger partial charge in [-0.05, 0) is 30.2 Å². The van der Waals surface area contributed by atoms with Gasteiger partial charge in [0.05, 0.1) is 17.3 Å². The molecule has 2 aromatic carbocycles. The van der Waals surface area contributed by atoms with Gasteiger partial charge in [-0.15, -0.1) is 0 Å². The Labute approximate surface area is 122 Å². The maximum atomic E-state index is 12.9. The molecule has 0 radical (unpaired) electrons. The van der Waals surface area contributed by atoms with Crippen molar-refractivity contribution in [1.82, 2.24) is 0 Å². The van der Waals surface area contributed by atoms with E-state index < -0.39 is 0 Å².